The van der Waals surface area contributed by atoms with Crippen LogP contribution in [0.25, 0.3) is 0 Å². The first-order chi connectivity index (χ1) is 4.81. The van der Waals surface area contributed by atoms with E-state index in [9.17, 15) is 0 Å². The predicted octanol–water partition coefficient (Wildman–Crippen LogP) is 1.95. The first-order valence-electron chi connectivity index (χ1n) is 3.58. The van der Waals surface area contributed by atoms with Gasteiger partial charge in [-0.05, 0) is 29.9 Å². The number of rotatable bonds is 1. The van der Waals surface area contributed by atoms with Gasteiger partial charge in [0.15, 0.2) is 0 Å². The first kappa shape index (κ1) is 8.47. The summed E-state index contributed by atoms with van der Waals surface area (Å²) in [5.41, 5.74) is 1.78. The van der Waals surface area contributed by atoms with Crippen LogP contribution < -0.4 is 0 Å². The number of hydrogen-bond donors (Lipinski definition) is 0. The molecular weight excluding hydrogens is 160 g/mol. The van der Waals surface area contributed by atoms with E-state index in [0.29, 0.717) is 5.41 Å². The van der Waals surface area contributed by atoms with Crippen LogP contribution in [-0.4, -0.2) is 10.2 Å². The molecule has 0 radical (unpaired) electrons. The Balaban J connectivity index is 0.000000605. The van der Waals surface area contributed by atoms with Crippen molar-refractivity contribution in [3.8, 4) is 0 Å². The number of halogens is 1. The van der Waals surface area contributed by atoms with E-state index in [4.69, 9.17) is 0 Å². The molecule has 0 N–H and O–H groups in total. The maximum atomic E-state index is 3.84. The molecule has 0 amide bonds. The zero-order valence-corrected chi connectivity index (χ0v) is 7.27. The highest BCUT2D eigenvalue weighted by Crippen LogP contribution is 2.46. The molecule has 0 spiro atoms. The van der Waals surface area contributed by atoms with Crippen molar-refractivity contribution in [1.29, 1.82) is 0 Å². The summed E-state index contributed by atoms with van der Waals surface area (Å²) < 4.78 is 0. The Morgan fingerprint density at radius 1 is 1.36 bits per heavy atom. The first-order valence-corrected chi connectivity index (χ1v) is 3.58. The Labute approximate surface area is 72.4 Å². The zero-order valence-electron chi connectivity index (χ0n) is 6.45. The Morgan fingerprint density at radius 2 is 2.09 bits per heavy atom. The van der Waals surface area contributed by atoms with Gasteiger partial charge >= 0.3 is 0 Å². The molecule has 3 heteroatoms. The van der Waals surface area contributed by atoms with Crippen molar-refractivity contribution in [2.24, 2.45) is 0 Å². The Morgan fingerprint density at radius 3 is 2.55 bits per heavy atom. The highest BCUT2D eigenvalue weighted by molar-refractivity contribution is 5.85. The van der Waals surface area contributed by atoms with Gasteiger partial charge in [-0.25, -0.2) is 0 Å². The highest BCUT2D eigenvalue weighted by atomic mass is 35.5. The lowest BCUT2D eigenvalue weighted by Gasteiger charge is -2.04. The summed E-state index contributed by atoms with van der Waals surface area (Å²) in [4.78, 5) is 0. The lowest BCUT2D eigenvalue weighted by molar-refractivity contribution is 0.771. The van der Waals surface area contributed by atoms with E-state index in [2.05, 4.69) is 23.2 Å². The summed E-state index contributed by atoms with van der Waals surface area (Å²) in [5.74, 6) is 0. The van der Waals surface area contributed by atoms with E-state index in [1.807, 2.05) is 6.20 Å². The van der Waals surface area contributed by atoms with Crippen molar-refractivity contribution >= 4 is 12.4 Å². The van der Waals surface area contributed by atoms with Gasteiger partial charge in [-0.3, -0.25) is 0 Å². The second-order valence-electron chi connectivity index (χ2n) is 3.19. The molecule has 1 aliphatic rings. The lowest BCUT2D eigenvalue weighted by atomic mass is 10.0. The summed E-state index contributed by atoms with van der Waals surface area (Å²) in [7, 11) is 0. The average Bonchev–Trinajstić information content (AvgIpc) is 2.72. The maximum absolute atomic E-state index is 3.84. The van der Waals surface area contributed by atoms with Gasteiger partial charge in [-0.15, -0.1) is 12.4 Å². The number of hydrogen-bond acceptors (Lipinski definition) is 2. The van der Waals surface area contributed by atoms with Gasteiger partial charge < -0.3 is 0 Å². The maximum Gasteiger partial charge on any atom is 0.0533 e. The van der Waals surface area contributed by atoms with E-state index >= 15 is 0 Å². The molecule has 2 nitrogen and oxygen atoms in total. The molecule has 1 saturated carbocycles. The summed E-state index contributed by atoms with van der Waals surface area (Å²) in [6.07, 6.45) is 6.24. The van der Waals surface area contributed by atoms with Crippen molar-refractivity contribution in [3.63, 3.8) is 0 Å². The molecule has 0 saturated heterocycles. The molecule has 1 heterocycles. The van der Waals surface area contributed by atoms with Crippen LogP contribution in [0.5, 0.6) is 0 Å². The highest BCUT2D eigenvalue weighted by Gasteiger charge is 2.38. The van der Waals surface area contributed by atoms with Gasteiger partial charge in [0, 0.05) is 6.20 Å². The fourth-order valence-corrected chi connectivity index (χ4v) is 1.12. The molecule has 11 heavy (non-hydrogen) atoms. The standard InChI is InChI=1S/C8H10N2.ClH/c1-8(3-4-8)7-2-5-9-10-6-7;/h2,5-6H,3-4H2,1H3;1H. The molecular formula is C8H11ClN2. The third-order valence-electron chi connectivity index (χ3n) is 2.28. The van der Waals surface area contributed by atoms with Crippen molar-refractivity contribution in [1.82, 2.24) is 10.2 Å². The van der Waals surface area contributed by atoms with Crippen LogP contribution >= 0.6 is 12.4 Å². The summed E-state index contributed by atoms with van der Waals surface area (Å²) >= 11 is 0. The molecule has 0 bridgehead atoms. The minimum Gasteiger partial charge on any atom is -0.159 e. The van der Waals surface area contributed by atoms with Crippen LogP contribution in [0.3, 0.4) is 0 Å². The molecule has 2 rings (SSSR count). The van der Waals surface area contributed by atoms with E-state index in [-0.39, 0.29) is 12.4 Å². The van der Waals surface area contributed by atoms with Gasteiger partial charge in [0.2, 0.25) is 0 Å². The van der Waals surface area contributed by atoms with E-state index in [0.717, 1.165) is 0 Å². The summed E-state index contributed by atoms with van der Waals surface area (Å²) in [5, 5.41) is 7.58. The van der Waals surface area contributed by atoms with Crippen LogP contribution in [0.1, 0.15) is 25.3 Å². The van der Waals surface area contributed by atoms with Crippen molar-refractivity contribution in [2.75, 3.05) is 0 Å². The van der Waals surface area contributed by atoms with Gasteiger partial charge in [0.05, 0.1) is 6.20 Å². The average molecular weight is 171 g/mol. The van der Waals surface area contributed by atoms with Crippen LogP contribution in [-0.2, 0) is 5.41 Å². The molecule has 0 aromatic carbocycles. The van der Waals surface area contributed by atoms with Crippen LogP contribution in [0.4, 0.5) is 0 Å². The normalized spacial score (nSPS) is 18.6. The minimum atomic E-state index is 0. The lowest BCUT2D eigenvalue weighted by Crippen LogP contribution is -1.99. The van der Waals surface area contributed by atoms with E-state index < -0.39 is 0 Å². The molecule has 1 aliphatic carbocycles. The Hall–Kier alpha value is -0.630. The van der Waals surface area contributed by atoms with E-state index in [1.165, 1.54) is 18.4 Å². The fourth-order valence-electron chi connectivity index (χ4n) is 1.12. The molecule has 1 fully saturated rings. The topological polar surface area (TPSA) is 25.8 Å². The monoisotopic (exact) mass is 170 g/mol. The molecule has 0 atom stereocenters. The number of aromatic nitrogens is 2. The van der Waals surface area contributed by atoms with Gasteiger partial charge in [0.25, 0.3) is 0 Å². The minimum absolute atomic E-state index is 0. The second kappa shape index (κ2) is 2.78. The van der Waals surface area contributed by atoms with Crippen molar-refractivity contribution in [3.05, 3.63) is 24.0 Å². The van der Waals surface area contributed by atoms with E-state index in [1.54, 1.807) is 6.20 Å². The van der Waals surface area contributed by atoms with Crippen LogP contribution in [0.2, 0.25) is 0 Å². The molecule has 0 aliphatic heterocycles. The van der Waals surface area contributed by atoms with Crippen molar-refractivity contribution in [2.45, 2.75) is 25.2 Å². The Kier molecular flexibility index (Phi) is 2.14. The largest absolute Gasteiger partial charge is 0.159 e. The number of nitrogens with zero attached hydrogens (tertiary/aromatic N) is 2. The fraction of sp³-hybridized carbons (Fsp3) is 0.500. The van der Waals surface area contributed by atoms with Crippen LogP contribution in [0.15, 0.2) is 18.5 Å². The predicted molar refractivity (Wildman–Crippen MR) is 45.9 cm³/mol. The summed E-state index contributed by atoms with van der Waals surface area (Å²) in [6, 6.07) is 2.06. The van der Waals surface area contributed by atoms with Gasteiger partial charge in [0.1, 0.15) is 0 Å². The molecule has 1 aromatic heterocycles. The zero-order chi connectivity index (χ0) is 7.03. The SMILES string of the molecule is CC1(c2ccnnc2)CC1.Cl. The van der Waals surface area contributed by atoms with Crippen LogP contribution in [0, 0.1) is 0 Å². The van der Waals surface area contributed by atoms with Gasteiger partial charge in [-0.1, -0.05) is 6.92 Å². The quantitative estimate of drug-likeness (QED) is 0.644. The summed E-state index contributed by atoms with van der Waals surface area (Å²) in [6.45, 7) is 2.27. The molecule has 1 aromatic rings. The molecule has 60 valence electrons. The third kappa shape index (κ3) is 1.51. The molecule has 0 unspecified atom stereocenters. The third-order valence-corrected chi connectivity index (χ3v) is 2.28. The second-order valence-corrected chi connectivity index (χ2v) is 3.19. The van der Waals surface area contributed by atoms with Crippen molar-refractivity contribution < 1.29 is 0 Å². The smallest absolute Gasteiger partial charge is 0.0533 e. The Bertz CT molecular complexity index is 231. The van der Waals surface area contributed by atoms with Gasteiger partial charge in [-0.2, -0.15) is 10.2 Å².